The minimum absolute atomic E-state index is 0.132. The van der Waals surface area contributed by atoms with Crippen molar-refractivity contribution in [2.75, 3.05) is 13.2 Å². The van der Waals surface area contributed by atoms with Crippen LogP contribution in [0.15, 0.2) is 24.3 Å². The van der Waals surface area contributed by atoms with Crippen molar-refractivity contribution in [1.82, 2.24) is 5.32 Å². The van der Waals surface area contributed by atoms with Crippen LogP contribution in [-0.4, -0.2) is 62.2 Å². The second kappa shape index (κ2) is 14.9. The molecule has 0 aliphatic heterocycles. The topological polar surface area (TPSA) is 202 Å². The maximum atomic E-state index is 11.3. The van der Waals surface area contributed by atoms with Gasteiger partial charge in [0.25, 0.3) is 11.6 Å². The molecular formula is C17H26Cl2N4O7. The van der Waals surface area contributed by atoms with E-state index in [9.17, 15) is 24.8 Å². The number of aliphatic hydroxyl groups excluding tert-OH is 2. The number of hydrogen-bond donors (Lipinski definition) is 6. The Morgan fingerprint density at radius 1 is 1.20 bits per heavy atom. The van der Waals surface area contributed by atoms with E-state index in [4.69, 9.17) is 44.9 Å². The number of non-ortho nitro benzene ring substituents is 1. The molecule has 1 aromatic carbocycles. The highest BCUT2D eigenvalue weighted by Gasteiger charge is 2.24. The lowest BCUT2D eigenvalue weighted by molar-refractivity contribution is -0.384. The molecule has 1 rings (SSSR count). The number of aliphatic carboxylic acids is 1. The Kier molecular flexibility index (Phi) is 13.9. The van der Waals surface area contributed by atoms with Crippen LogP contribution in [0, 0.1) is 10.1 Å². The number of rotatable bonds is 11. The van der Waals surface area contributed by atoms with E-state index in [0.717, 1.165) is 12.8 Å². The van der Waals surface area contributed by atoms with Gasteiger partial charge in [-0.3, -0.25) is 19.7 Å². The van der Waals surface area contributed by atoms with Crippen molar-refractivity contribution in [3.8, 4) is 0 Å². The van der Waals surface area contributed by atoms with Crippen LogP contribution in [0.3, 0.4) is 0 Å². The molecule has 0 aromatic heterocycles. The van der Waals surface area contributed by atoms with Crippen LogP contribution in [0.25, 0.3) is 0 Å². The molecule has 8 N–H and O–H groups in total. The Balaban J connectivity index is 0.000000710. The molecular weight excluding hydrogens is 443 g/mol. The second-order valence-corrected chi connectivity index (χ2v) is 7.22. The van der Waals surface area contributed by atoms with Gasteiger partial charge in [-0.2, -0.15) is 0 Å². The molecule has 0 bridgehead atoms. The zero-order valence-electron chi connectivity index (χ0n) is 16.0. The third-order valence-corrected chi connectivity index (χ3v) is 4.23. The molecule has 30 heavy (non-hydrogen) atoms. The van der Waals surface area contributed by atoms with Crippen LogP contribution in [0.5, 0.6) is 0 Å². The van der Waals surface area contributed by atoms with Crippen molar-refractivity contribution >= 4 is 40.8 Å². The van der Waals surface area contributed by atoms with Gasteiger partial charge in [0.15, 0.2) is 4.84 Å². The summed E-state index contributed by atoms with van der Waals surface area (Å²) < 4.78 is 0. The van der Waals surface area contributed by atoms with Crippen molar-refractivity contribution in [2.24, 2.45) is 11.5 Å². The molecule has 11 nitrogen and oxygen atoms in total. The van der Waals surface area contributed by atoms with E-state index in [2.05, 4.69) is 5.32 Å². The van der Waals surface area contributed by atoms with E-state index >= 15 is 0 Å². The lowest BCUT2D eigenvalue weighted by Gasteiger charge is -2.22. The molecule has 0 radical (unpaired) electrons. The number of carboxylic acids is 1. The van der Waals surface area contributed by atoms with Crippen LogP contribution in [0.4, 0.5) is 5.69 Å². The van der Waals surface area contributed by atoms with Gasteiger partial charge < -0.3 is 32.1 Å². The summed E-state index contributed by atoms with van der Waals surface area (Å²) in [5, 5.41) is 40.3. The second-order valence-electron chi connectivity index (χ2n) is 6.12. The fourth-order valence-electron chi connectivity index (χ4n) is 2.13. The first-order valence-electron chi connectivity index (χ1n) is 8.85. The quantitative estimate of drug-likeness (QED) is 0.115. The minimum atomic E-state index is -1.33. The van der Waals surface area contributed by atoms with Crippen LogP contribution >= 0.6 is 23.2 Å². The normalized spacial score (nSPS) is 13.6. The number of hydrogen-bond acceptors (Lipinski definition) is 8. The lowest BCUT2D eigenvalue weighted by Crippen LogP contribution is -2.44. The van der Waals surface area contributed by atoms with E-state index in [1.54, 1.807) is 0 Å². The smallest absolute Gasteiger partial charge is 0.320 e. The van der Waals surface area contributed by atoms with Gasteiger partial charge in [-0.25, -0.2) is 0 Å². The summed E-state index contributed by atoms with van der Waals surface area (Å²) in [7, 11) is 0. The SMILES string of the molecule is NCCCCC(N)C(=O)O.O=C(N[C@H](CO)[C@H](O)c1ccc([N+](=O)[O-])cc1)C(Cl)Cl. The van der Waals surface area contributed by atoms with E-state index in [0.29, 0.717) is 18.5 Å². The Labute approximate surface area is 183 Å². The van der Waals surface area contributed by atoms with Crippen LogP contribution in [0.1, 0.15) is 30.9 Å². The molecule has 13 heteroatoms. The van der Waals surface area contributed by atoms with E-state index < -0.39 is 46.4 Å². The van der Waals surface area contributed by atoms with Gasteiger partial charge in [0.1, 0.15) is 12.1 Å². The van der Waals surface area contributed by atoms with Gasteiger partial charge in [-0.1, -0.05) is 29.6 Å². The summed E-state index contributed by atoms with van der Waals surface area (Å²) in [6, 6.07) is 3.34. The van der Waals surface area contributed by atoms with Gasteiger partial charge in [0.05, 0.1) is 17.6 Å². The molecule has 0 aliphatic carbocycles. The Morgan fingerprint density at radius 2 is 1.77 bits per heavy atom. The Bertz CT molecular complexity index is 677. The number of carboxylic acid groups (broad SMARTS) is 1. The molecule has 0 aliphatic rings. The maximum Gasteiger partial charge on any atom is 0.320 e. The molecule has 0 saturated heterocycles. The largest absolute Gasteiger partial charge is 0.480 e. The van der Waals surface area contributed by atoms with Gasteiger partial charge in [-0.05, 0) is 37.1 Å². The number of benzene rings is 1. The first-order chi connectivity index (χ1) is 14.0. The van der Waals surface area contributed by atoms with Gasteiger partial charge >= 0.3 is 5.97 Å². The summed E-state index contributed by atoms with van der Waals surface area (Å²) in [4.78, 5) is 30.0. The molecule has 0 saturated carbocycles. The summed E-state index contributed by atoms with van der Waals surface area (Å²) in [6.07, 6.45) is 0.911. The molecule has 0 heterocycles. The number of aliphatic hydroxyl groups is 2. The Hall–Kier alpha value is -2.02. The number of carbonyl (C=O) groups is 2. The number of amides is 1. The zero-order chi connectivity index (χ0) is 23.3. The predicted octanol–water partition coefficient (Wildman–Crippen LogP) is 0.436. The lowest BCUT2D eigenvalue weighted by atomic mass is 10.0. The third-order valence-electron chi connectivity index (χ3n) is 3.84. The molecule has 170 valence electrons. The number of halogens is 2. The first-order valence-corrected chi connectivity index (χ1v) is 9.72. The highest BCUT2D eigenvalue weighted by atomic mass is 35.5. The number of nitrogens with zero attached hydrogens (tertiary/aromatic N) is 1. The van der Waals surface area contributed by atoms with Crippen molar-refractivity contribution in [3.63, 3.8) is 0 Å². The average Bonchev–Trinajstić information content (AvgIpc) is 2.71. The van der Waals surface area contributed by atoms with Gasteiger partial charge in [0.2, 0.25) is 0 Å². The van der Waals surface area contributed by atoms with Crippen molar-refractivity contribution in [1.29, 1.82) is 0 Å². The molecule has 1 aromatic rings. The van der Waals surface area contributed by atoms with Crippen LogP contribution in [0.2, 0.25) is 0 Å². The fraction of sp³-hybridized carbons (Fsp3) is 0.529. The molecule has 3 atom stereocenters. The standard InChI is InChI=1S/C11H12Cl2N2O5.C6H14N2O2/c12-10(13)11(18)14-8(5-16)9(17)6-1-3-7(4-2-6)15(19)20;7-4-2-1-3-5(8)6(9)10/h1-4,8-10,16-17H,5H2,(H,14,18);5H,1-4,7-8H2,(H,9,10)/t8-,9-;/m1./s1. The summed E-state index contributed by atoms with van der Waals surface area (Å²) >= 11 is 10.7. The van der Waals surface area contributed by atoms with Crippen molar-refractivity contribution in [2.45, 2.75) is 42.3 Å². The van der Waals surface area contributed by atoms with Crippen LogP contribution in [-0.2, 0) is 9.59 Å². The fourth-order valence-corrected chi connectivity index (χ4v) is 2.25. The van der Waals surface area contributed by atoms with Crippen LogP contribution < -0.4 is 16.8 Å². The average molecular weight is 469 g/mol. The van der Waals surface area contributed by atoms with Crippen molar-refractivity contribution < 1.29 is 29.8 Å². The van der Waals surface area contributed by atoms with E-state index in [1.807, 2.05) is 0 Å². The highest BCUT2D eigenvalue weighted by Crippen LogP contribution is 2.20. The third kappa shape index (κ3) is 10.7. The number of carbonyl (C=O) groups excluding carboxylic acids is 1. The molecule has 0 spiro atoms. The van der Waals surface area contributed by atoms with E-state index in [-0.39, 0.29) is 5.69 Å². The summed E-state index contributed by atoms with van der Waals surface area (Å²) in [6.45, 7) is 0.0523. The van der Waals surface area contributed by atoms with Crippen molar-refractivity contribution in [3.05, 3.63) is 39.9 Å². The monoisotopic (exact) mass is 468 g/mol. The van der Waals surface area contributed by atoms with E-state index in [1.165, 1.54) is 24.3 Å². The highest BCUT2D eigenvalue weighted by molar-refractivity contribution is 6.53. The first kappa shape index (κ1) is 28.0. The predicted molar refractivity (Wildman–Crippen MR) is 111 cm³/mol. The number of nitro benzene ring substituents is 1. The molecule has 1 amide bonds. The number of nitrogens with one attached hydrogen (secondary N) is 1. The van der Waals surface area contributed by atoms with Gasteiger partial charge in [-0.15, -0.1) is 0 Å². The molecule has 1 unspecified atom stereocenters. The number of unbranched alkanes of at least 4 members (excludes halogenated alkanes) is 1. The number of nitrogens with two attached hydrogens (primary N) is 2. The molecule has 0 fully saturated rings. The van der Waals surface area contributed by atoms with Gasteiger partial charge in [0, 0.05) is 12.1 Å². The number of nitro groups is 1. The summed E-state index contributed by atoms with van der Waals surface area (Å²) in [5.74, 6) is -1.69. The zero-order valence-corrected chi connectivity index (χ0v) is 17.5. The maximum absolute atomic E-state index is 11.3. The minimum Gasteiger partial charge on any atom is -0.480 e. The number of alkyl halides is 2. The summed E-state index contributed by atoms with van der Waals surface area (Å²) in [5.41, 5.74) is 10.6. The Morgan fingerprint density at radius 3 is 2.17 bits per heavy atom.